The number of nitrogens with zero attached hydrogens (tertiary/aromatic N) is 2. The van der Waals surface area contributed by atoms with Crippen LogP contribution < -0.4 is 5.73 Å². The second-order valence-corrected chi connectivity index (χ2v) is 8.47. The van der Waals surface area contributed by atoms with Crippen molar-refractivity contribution in [3.8, 4) is 6.07 Å². The zero-order valence-electron chi connectivity index (χ0n) is 14.4. The predicted molar refractivity (Wildman–Crippen MR) is 97.4 cm³/mol. The summed E-state index contributed by atoms with van der Waals surface area (Å²) in [5.41, 5.74) is 9.28. The highest BCUT2D eigenvalue weighted by molar-refractivity contribution is 7.19. The molecule has 1 unspecified atom stereocenters. The molecule has 23 heavy (non-hydrogen) atoms. The number of aromatic nitrogens is 1. The molecular weight excluding hydrogens is 302 g/mol. The summed E-state index contributed by atoms with van der Waals surface area (Å²) in [5, 5.41) is 10.1. The first-order valence-electron chi connectivity index (χ1n) is 8.53. The number of fused-ring (bicyclic) bond motifs is 2. The number of pyridine rings is 1. The van der Waals surface area contributed by atoms with Gasteiger partial charge in [-0.15, -0.1) is 11.3 Å². The number of rotatable bonds is 3. The third kappa shape index (κ3) is 2.83. The summed E-state index contributed by atoms with van der Waals surface area (Å²) in [7, 11) is 0. The molecule has 3 rings (SSSR count). The van der Waals surface area contributed by atoms with Crippen LogP contribution in [0.2, 0.25) is 0 Å². The minimum atomic E-state index is 0.591. The fourth-order valence-corrected chi connectivity index (χ4v) is 5.38. The van der Waals surface area contributed by atoms with Gasteiger partial charge in [-0.3, -0.25) is 0 Å². The van der Waals surface area contributed by atoms with Crippen molar-refractivity contribution in [1.82, 2.24) is 4.98 Å². The number of thiophene rings is 1. The van der Waals surface area contributed by atoms with E-state index in [0.717, 1.165) is 34.9 Å². The van der Waals surface area contributed by atoms with E-state index in [2.05, 4.69) is 39.8 Å². The van der Waals surface area contributed by atoms with Gasteiger partial charge in [-0.2, -0.15) is 5.26 Å². The molecule has 0 saturated carbocycles. The molecule has 0 radical (unpaired) electrons. The maximum atomic E-state index is 9.17. The van der Waals surface area contributed by atoms with E-state index in [0.29, 0.717) is 22.4 Å². The van der Waals surface area contributed by atoms with E-state index in [9.17, 15) is 5.26 Å². The van der Waals surface area contributed by atoms with Crippen LogP contribution >= 0.6 is 11.3 Å². The summed E-state index contributed by atoms with van der Waals surface area (Å²) in [5.74, 6) is 2.87. The number of hydrogen-bond donors (Lipinski definition) is 1. The largest absolute Gasteiger partial charge is 0.396 e. The Morgan fingerprint density at radius 3 is 2.61 bits per heavy atom. The first-order valence-corrected chi connectivity index (χ1v) is 9.34. The van der Waals surface area contributed by atoms with Gasteiger partial charge >= 0.3 is 0 Å². The Kier molecular flexibility index (Phi) is 4.33. The van der Waals surface area contributed by atoms with Gasteiger partial charge in [0.15, 0.2) is 0 Å². The number of anilines is 1. The quantitative estimate of drug-likeness (QED) is 0.882. The molecule has 1 aliphatic rings. The second kappa shape index (κ2) is 6.13. The number of hydrogen-bond acceptors (Lipinski definition) is 4. The van der Waals surface area contributed by atoms with E-state index in [1.807, 2.05) is 0 Å². The summed E-state index contributed by atoms with van der Waals surface area (Å²) in [6.07, 6.45) is 3.36. The third-order valence-electron chi connectivity index (χ3n) is 5.31. The molecule has 0 bridgehead atoms. The lowest BCUT2D eigenvalue weighted by atomic mass is 9.69. The van der Waals surface area contributed by atoms with Crippen LogP contribution in [0.4, 0.5) is 5.69 Å². The van der Waals surface area contributed by atoms with Crippen LogP contribution in [0, 0.1) is 35.0 Å². The average molecular weight is 327 g/mol. The SMILES string of the molecule is CC(C)C(C(C)C)C1CCc2nc3sc(C#N)c(N)c3cc2C1. The molecule has 122 valence electrons. The Bertz CT molecular complexity index is 759. The number of aryl methyl sites for hydroxylation is 1. The van der Waals surface area contributed by atoms with Gasteiger partial charge in [0, 0.05) is 11.1 Å². The second-order valence-electron chi connectivity index (χ2n) is 7.47. The zero-order chi connectivity index (χ0) is 16.7. The van der Waals surface area contributed by atoms with Crippen LogP contribution in [0.25, 0.3) is 10.2 Å². The van der Waals surface area contributed by atoms with Crippen molar-refractivity contribution in [3.63, 3.8) is 0 Å². The van der Waals surface area contributed by atoms with Gasteiger partial charge in [0.25, 0.3) is 0 Å². The van der Waals surface area contributed by atoms with Crippen LogP contribution in [0.15, 0.2) is 6.07 Å². The molecule has 1 aliphatic carbocycles. The Balaban J connectivity index is 1.98. The number of nitriles is 1. The maximum Gasteiger partial charge on any atom is 0.130 e. The summed E-state index contributed by atoms with van der Waals surface area (Å²) in [6, 6.07) is 4.39. The molecule has 4 heteroatoms. The van der Waals surface area contributed by atoms with Crippen molar-refractivity contribution >= 4 is 27.2 Å². The lowest BCUT2D eigenvalue weighted by molar-refractivity contribution is 0.169. The fourth-order valence-electron chi connectivity index (χ4n) is 4.49. The van der Waals surface area contributed by atoms with E-state index < -0.39 is 0 Å². The molecule has 0 saturated heterocycles. The first-order chi connectivity index (χ1) is 10.9. The monoisotopic (exact) mass is 327 g/mol. The van der Waals surface area contributed by atoms with Crippen LogP contribution in [-0.2, 0) is 12.8 Å². The van der Waals surface area contributed by atoms with Gasteiger partial charge in [0.05, 0.1) is 5.69 Å². The molecule has 2 N–H and O–H groups in total. The lowest BCUT2D eigenvalue weighted by Gasteiger charge is -2.36. The highest BCUT2D eigenvalue weighted by atomic mass is 32.1. The maximum absolute atomic E-state index is 9.17. The highest BCUT2D eigenvalue weighted by Crippen LogP contribution is 2.40. The topological polar surface area (TPSA) is 62.7 Å². The Morgan fingerprint density at radius 1 is 1.30 bits per heavy atom. The van der Waals surface area contributed by atoms with Crippen molar-refractivity contribution < 1.29 is 0 Å². The molecule has 0 amide bonds. The Labute approximate surface area is 142 Å². The van der Waals surface area contributed by atoms with Gasteiger partial charge in [0.1, 0.15) is 15.8 Å². The van der Waals surface area contributed by atoms with E-state index >= 15 is 0 Å². The predicted octanol–water partition coefficient (Wildman–Crippen LogP) is 4.78. The Morgan fingerprint density at radius 2 is 2.00 bits per heavy atom. The van der Waals surface area contributed by atoms with Gasteiger partial charge in [-0.1, -0.05) is 27.7 Å². The molecule has 0 spiro atoms. The van der Waals surface area contributed by atoms with E-state index in [1.165, 1.54) is 29.0 Å². The van der Waals surface area contributed by atoms with Crippen molar-refractivity contribution in [2.75, 3.05) is 5.73 Å². The smallest absolute Gasteiger partial charge is 0.130 e. The molecule has 0 fully saturated rings. The summed E-state index contributed by atoms with van der Waals surface area (Å²) in [6.45, 7) is 9.38. The van der Waals surface area contributed by atoms with Crippen LogP contribution in [0.1, 0.15) is 50.3 Å². The highest BCUT2D eigenvalue weighted by Gasteiger charge is 2.31. The van der Waals surface area contributed by atoms with Crippen molar-refractivity contribution in [1.29, 1.82) is 5.26 Å². The van der Waals surface area contributed by atoms with Crippen LogP contribution in [-0.4, -0.2) is 4.98 Å². The molecule has 0 aromatic carbocycles. The first kappa shape index (κ1) is 16.3. The molecule has 1 atom stereocenters. The standard InChI is InChI=1S/C19H25N3S/c1-10(2)17(11(3)4)12-5-6-15-13(7-12)8-14-18(21)16(9-20)23-19(14)22-15/h8,10-12,17H,5-7,21H2,1-4H3. The van der Waals surface area contributed by atoms with Gasteiger partial charge < -0.3 is 5.73 Å². The fraction of sp³-hybridized carbons (Fsp3) is 0.579. The molecule has 0 aliphatic heterocycles. The minimum Gasteiger partial charge on any atom is -0.396 e. The number of nitrogen functional groups attached to an aromatic ring is 1. The van der Waals surface area contributed by atoms with Crippen LogP contribution in [0.5, 0.6) is 0 Å². The molecule has 3 nitrogen and oxygen atoms in total. The normalized spacial score (nSPS) is 17.9. The van der Waals surface area contributed by atoms with Gasteiger partial charge in [-0.25, -0.2) is 4.98 Å². The Hall–Kier alpha value is -1.60. The average Bonchev–Trinajstić information content (AvgIpc) is 2.80. The minimum absolute atomic E-state index is 0.591. The number of nitrogens with two attached hydrogens (primary N) is 1. The molecule has 2 aromatic heterocycles. The van der Waals surface area contributed by atoms with Crippen LogP contribution in [0.3, 0.4) is 0 Å². The third-order valence-corrected chi connectivity index (χ3v) is 6.33. The summed E-state index contributed by atoms with van der Waals surface area (Å²) < 4.78 is 0. The van der Waals surface area contributed by atoms with E-state index in [-0.39, 0.29) is 0 Å². The zero-order valence-corrected chi connectivity index (χ0v) is 15.2. The van der Waals surface area contributed by atoms with Crippen molar-refractivity contribution in [3.05, 3.63) is 22.2 Å². The molecule has 2 aromatic rings. The summed E-state index contributed by atoms with van der Waals surface area (Å²) in [4.78, 5) is 6.32. The van der Waals surface area contributed by atoms with E-state index in [1.54, 1.807) is 0 Å². The van der Waals surface area contributed by atoms with Crippen molar-refractivity contribution in [2.24, 2.45) is 23.7 Å². The summed E-state index contributed by atoms with van der Waals surface area (Å²) >= 11 is 1.42. The lowest BCUT2D eigenvalue weighted by Crippen LogP contribution is -2.30. The van der Waals surface area contributed by atoms with Gasteiger partial charge in [-0.05, 0) is 54.6 Å². The van der Waals surface area contributed by atoms with E-state index in [4.69, 9.17) is 10.7 Å². The molecule has 2 heterocycles. The van der Waals surface area contributed by atoms with Crippen molar-refractivity contribution in [2.45, 2.75) is 47.0 Å². The van der Waals surface area contributed by atoms with Gasteiger partial charge in [0.2, 0.25) is 0 Å². The molecular formula is C19H25N3S.